The van der Waals surface area contributed by atoms with Crippen LogP contribution in [0.3, 0.4) is 0 Å². The first-order valence-electron chi connectivity index (χ1n) is 10.1. The number of benzene rings is 2. The van der Waals surface area contributed by atoms with Gasteiger partial charge in [0.25, 0.3) is 5.91 Å². The summed E-state index contributed by atoms with van der Waals surface area (Å²) in [5.41, 5.74) is 1.47. The van der Waals surface area contributed by atoms with Crippen molar-refractivity contribution in [2.75, 3.05) is 23.0 Å². The van der Waals surface area contributed by atoms with Gasteiger partial charge in [0, 0.05) is 11.6 Å². The number of carbonyl (C=O) groups excluding carboxylic acids is 2. The fourth-order valence-corrected chi connectivity index (χ4v) is 3.57. The molecular formula is C22H23N5O3S. The number of thioether (sulfide) groups is 1. The van der Waals surface area contributed by atoms with Crippen LogP contribution < -0.4 is 15.4 Å². The van der Waals surface area contributed by atoms with E-state index in [9.17, 15) is 9.59 Å². The van der Waals surface area contributed by atoms with Crippen molar-refractivity contribution in [2.24, 2.45) is 0 Å². The number of aromatic nitrogens is 3. The SMILES string of the molecule is CCOc1ccc(NC(=O)c2ccccc2NC(=O)CSc2n[nH]c(C3CC3)n2)cc1. The van der Waals surface area contributed by atoms with Gasteiger partial charge in [0.15, 0.2) is 0 Å². The van der Waals surface area contributed by atoms with E-state index in [0.717, 1.165) is 24.4 Å². The van der Waals surface area contributed by atoms with E-state index in [-0.39, 0.29) is 17.6 Å². The lowest BCUT2D eigenvalue weighted by atomic mass is 10.1. The molecule has 8 nitrogen and oxygen atoms in total. The van der Waals surface area contributed by atoms with E-state index >= 15 is 0 Å². The lowest BCUT2D eigenvalue weighted by Gasteiger charge is -2.11. The number of H-pyrrole nitrogens is 1. The maximum absolute atomic E-state index is 12.8. The van der Waals surface area contributed by atoms with Gasteiger partial charge in [0.2, 0.25) is 11.1 Å². The minimum absolute atomic E-state index is 0.150. The maximum atomic E-state index is 12.8. The standard InChI is InChI=1S/C22H23N5O3S/c1-2-30-16-11-9-15(10-12-16)23-21(29)17-5-3-4-6-18(17)24-19(28)13-31-22-25-20(26-27-22)14-7-8-14/h3-6,9-12,14H,2,7-8,13H2,1H3,(H,23,29)(H,24,28)(H,25,26,27). The first-order valence-corrected chi connectivity index (χ1v) is 11.1. The minimum atomic E-state index is -0.309. The number of hydrogen-bond acceptors (Lipinski definition) is 6. The van der Waals surface area contributed by atoms with Crippen LogP contribution in [0.25, 0.3) is 0 Å². The van der Waals surface area contributed by atoms with Gasteiger partial charge in [0.1, 0.15) is 11.6 Å². The van der Waals surface area contributed by atoms with E-state index in [1.165, 1.54) is 11.8 Å². The van der Waals surface area contributed by atoms with Crippen LogP contribution in [0.1, 0.15) is 41.9 Å². The summed E-state index contributed by atoms with van der Waals surface area (Å²) in [5, 5.41) is 13.3. The Kier molecular flexibility index (Phi) is 6.51. The van der Waals surface area contributed by atoms with Crippen molar-refractivity contribution in [3.05, 3.63) is 59.9 Å². The number of nitrogens with zero attached hydrogens (tertiary/aromatic N) is 2. The zero-order valence-electron chi connectivity index (χ0n) is 17.1. The van der Waals surface area contributed by atoms with Crippen LogP contribution in [0, 0.1) is 0 Å². The summed E-state index contributed by atoms with van der Waals surface area (Å²) in [7, 11) is 0. The molecule has 1 heterocycles. The van der Waals surface area contributed by atoms with Crippen molar-refractivity contribution in [3.8, 4) is 5.75 Å². The monoisotopic (exact) mass is 437 g/mol. The third-order valence-electron chi connectivity index (χ3n) is 4.65. The second-order valence-corrected chi connectivity index (χ2v) is 8.01. The van der Waals surface area contributed by atoms with Gasteiger partial charge in [-0.05, 0) is 56.2 Å². The zero-order chi connectivity index (χ0) is 21.6. The van der Waals surface area contributed by atoms with Gasteiger partial charge in [0.05, 0.1) is 23.6 Å². The molecule has 4 rings (SSSR count). The van der Waals surface area contributed by atoms with Gasteiger partial charge in [-0.15, -0.1) is 5.10 Å². The fraction of sp³-hybridized carbons (Fsp3) is 0.273. The van der Waals surface area contributed by atoms with Crippen LogP contribution in [0.15, 0.2) is 53.7 Å². The Morgan fingerprint density at radius 2 is 1.90 bits per heavy atom. The third kappa shape index (κ3) is 5.64. The lowest BCUT2D eigenvalue weighted by Crippen LogP contribution is -2.19. The molecule has 1 aliphatic carbocycles. The van der Waals surface area contributed by atoms with E-state index in [1.807, 2.05) is 6.92 Å². The molecule has 1 aromatic heterocycles. The maximum Gasteiger partial charge on any atom is 0.257 e. The highest BCUT2D eigenvalue weighted by Gasteiger charge is 2.27. The van der Waals surface area contributed by atoms with Gasteiger partial charge in [-0.1, -0.05) is 23.9 Å². The quantitative estimate of drug-likeness (QED) is 0.436. The normalized spacial score (nSPS) is 12.9. The molecule has 2 aromatic carbocycles. The summed E-state index contributed by atoms with van der Waals surface area (Å²) < 4.78 is 5.41. The Balaban J connectivity index is 1.35. The Bertz CT molecular complexity index is 1060. The second kappa shape index (κ2) is 9.65. The Labute approximate surface area is 184 Å². The molecule has 3 N–H and O–H groups in total. The van der Waals surface area contributed by atoms with Crippen molar-refractivity contribution in [2.45, 2.75) is 30.8 Å². The molecule has 0 atom stereocenters. The number of amides is 2. The predicted octanol–water partition coefficient (Wildman–Crippen LogP) is 4.06. The highest BCUT2D eigenvalue weighted by Crippen LogP contribution is 2.38. The Morgan fingerprint density at radius 1 is 1.13 bits per heavy atom. The molecule has 0 bridgehead atoms. The highest BCUT2D eigenvalue weighted by atomic mass is 32.2. The molecule has 3 aromatic rings. The Morgan fingerprint density at radius 3 is 2.65 bits per heavy atom. The molecule has 0 saturated heterocycles. The molecule has 0 radical (unpaired) electrons. The van der Waals surface area contributed by atoms with Crippen molar-refractivity contribution in [3.63, 3.8) is 0 Å². The van der Waals surface area contributed by atoms with Crippen LogP contribution in [-0.2, 0) is 4.79 Å². The minimum Gasteiger partial charge on any atom is -0.494 e. The topological polar surface area (TPSA) is 109 Å². The molecule has 9 heteroatoms. The molecule has 1 aliphatic rings. The number of ether oxygens (including phenoxy) is 1. The summed E-state index contributed by atoms with van der Waals surface area (Å²) in [6.45, 7) is 2.49. The van der Waals surface area contributed by atoms with Crippen molar-refractivity contribution in [1.82, 2.24) is 15.2 Å². The van der Waals surface area contributed by atoms with Crippen molar-refractivity contribution >= 4 is 35.0 Å². The molecule has 0 aliphatic heterocycles. The van der Waals surface area contributed by atoms with Crippen LogP contribution >= 0.6 is 11.8 Å². The van der Waals surface area contributed by atoms with Crippen LogP contribution in [0.2, 0.25) is 0 Å². The number of para-hydroxylation sites is 1. The summed E-state index contributed by atoms with van der Waals surface area (Å²) in [6.07, 6.45) is 2.27. The zero-order valence-corrected chi connectivity index (χ0v) is 17.9. The van der Waals surface area contributed by atoms with E-state index in [0.29, 0.717) is 34.6 Å². The summed E-state index contributed by atoms with van der Waals surface area (Å²) >= 11 is 1.26. The van der Waals surface area contributed by atoms with Gasteiger partial charge in [-0.25, -0.2) is 4.98 Å². The lowest BCUT2D eigenvalue weighted by molar-refractivity contribution is -0.113. The summed E-state index contributed by atoms with van der Waals surface area (Å²) in [6, 6.07) is 14.0. The van der Waals surface area contributed by atoms with Crippen LogP contribution in [0.4, 0.5) is 11.4 Å². The average molecular weight is 438 g/mol. The van der Waals surface area contributed by atoms with E-state index in [2.05, 4.69) is 25.8 Å². The number of nitrogens with one attached hydrogen (secondary N) is 3. The molecular weight excluding hydrogens is 414 g/mol. The van der Waals surface area contributed by atoms with Crippen molar-refractivity contribution in [1.29, 1.82) is 0 Å². The molecule has 31 heavy (non-hydrogen) atoms. The fourth-order valence-electron chi connectivity index (χ4n) is 2.97. The van der Waals surface area contributed by atoms with E-state index < -0.39 is 0 Å². The predicted molar refractivity (Wildman–Crippen MR) is 120 cm³/mol. The van der Waals surface area contributed by atoms with E-state index in [4.69, 9.17) is 4.74 Å². The number of carbonyl (C=O) groups is 2. The highest BCUT2D eigenvalue weighted by molar-refractivity contribution is 7.99. The number of rotatable bonds is 9. The molecule has 0 unspecified atom stereocenters. The van der Waals surface area contributed by atoms with Crippen LogP contribution in [-0.4, -0.2) is 39.4 Å². The van der Waals surface area contributed by atoms with E-state index in [1.54, 1.807) is 48.5 Å². The number of hydrogen-bond donors (Lipinski definition) is 3. The molecule has 2 amide bonds. The first-order chi connectivity index (χ1) is 15.1. The Hall–Kier alpha value is -3.33. The van der Waals surface area contributed by atoms with Gasteiger partial charge >= 0.3 is 0 Å². The third-order valence-corrected chi connectivity index (χ3v) is 5.49. The molecule has 1 fully saturated rings. The van der Waals surface area contributed by atoms with Gasteiger partial charge in [-0.3, -0.25) is 14.7 Å². The largest absolute Gasteiger partial charge is 0.494 e. The number of aromatic amines is 1. The average Bonchev–Trinajstić information content (AvgIpc) is 3.52. The second-order valence-electron chi connectivity index (χ2n) is 7.07. The van der Waals surface area contributed by atoms with Crippen LogP contribution in [0.5, 0.6) is 5.75 Å². The van der Waals surface area contributed by atoms with Gasteiger partial charge < -0.3 is 15.4 Å². The molecule has 1 saturated carbocycles. The number of anilines is 2. The molecule has 0 spiro atoms. The molecule has 160 valence electrons. The first kappa shape index (κ1) is 20.9. The van der Waals surface area contributed by atoms with Gasteiger partial charge in [-0.2, -0.15) is 0 Å². The summed E-state index contributed by atoms with van der Waals surface area (Å²) in [4.78, 5) is 29.6. The smallest absolute Gasteiger partial charge is 0.257 e. The van der Waals surface area contributed by atoms with Crippen molar-refractivity contribution < 1.29 is 14.3 Å². The summed E-state index contributed by atoms with van der Waals surface area (Å²) in [5.74, 6) is 1.72.